The van der Waals surface area contributed by atoms with Crippen LogP contribution in [0.1, 0.15) is 66.7 Å². The summed E-state index contributed by atoms with van der Waals surface area (Å²) >= 11 is 0. The normalized spacial score (nSPS) is 26.1. The summed E-state index contributed by atoms with van der Waals surface area (Å²) in [7, 11) is 0. The van der Waals surface area contributed by atoms with Crippen molar-refractivity contribution >= 4 is 11.9 Å². The monoisotopic (exact) mass is 424 g/mol. The lowest BCUT2D eigenvalue weighted by Crippen LogP contribution is -2.51. The number of rotatable bonds is 6. The van der Waals surface area contributed by atoms with Crippen LogP contribution in [-0.4, -0.2) is 43.8 Å². The third-order valence-corrected chi connectivity index (χ3v) is 5.34. The molecule has 0 aromatic carbocycles. The van der Waals surface area contributed by atoms with E-state index in [2.05, 4.69) is 18.8 Å². The molecule has 0 amide bonds. The minimum Gasteiger partial charge on any atom is -0.466 e. The van der Waals surface area contributed by atoms with E-state index in [-0.39, 0.29) is 23.9 Å². The highest BCUT2D eigenvalue weighted by atomic mass is 16.5. The molecule has 6 heteroatoms. The molecule has 1 aliphatic carbocycles. The molecule has 6 nitrogen and oxygen atoms in total. The average molecular weight is 425 g/mol. The van der Waals surface area contributed by atoms with E-state index in [9.17, 15) is 9.59 Å². The second-order valence-corrected chi connectivity index (χ2v) is 7.81. The molecular weight excluding hydrogens is 380 g/mol. The summed E-state index contributed by atoms with van der Waals surface area (Å²) in [6.45, 7) is 14.8. The SMILES string of the molecule is C/C=C\C(C)C(=O)OCC.C=CCC.CCOC(=O)C1CC2C[C@@H](N)CCC2CN1. The highest BCUT2D eigenvalue weighted by molar-refractivity contribution is 5.76. The summed E-state index contributed by atoms with van der Waals surface area (Å²) in [5, 5.41) is 3.30. The van der Waals surface area contributed by atoms with E-state index in [4.69, 9.17) is 15.2 Å². The first-order valence-electron chi connectivity index (χ1n) is 11.4. The first-order valence-corrected chi connectivity index (χ1v) is 11.4. The molecule has 0 aromatic heterocycles. The molecule has 0 radical (unpaired) electrons. The molecule has 0 spiro atoms. The van der Waals surface area contributed by atoms with Gasteiger partial charge in [0.25, 0.3) is 0 Å². The number of hydrogen-bond acceptors (Lipinski definition) is 6. The van der Waals surface area contributed by atoms with Gasteiger partial charge in [-0.3, -0.25) is 9.59 Å². The molecule has 2 rings (SSSR count). The van der Waals surface area contributed by atoms with Gasteiger partial charge in [-0.1, -0.05) is 25.2 Å². The molecule has 3 N–H and O–H groups in total. The Labute approximate surface area is 183 Å². The highest BCUT2D eigenvalue weighted by Gasteiger charge is 2.37. The maximum atomic E-state index is 11.6. The minimum absolute atomic E-state index is 0.0971. The molecule has 4 unspecified atom stereocenters. The van der Waals surface area contributed by atoms with Gasteiger partial charge in [0, 0.05) is 6.04 Å². The molecule has 2 fully saturated rings. The lowest BCUT2D eigenvalue weighted by molar-refractivity contribution is -0.147. The quantitative estimate of drug-likeness (QED) is 0.495. The van der Waals surface area contributed by atoms with Crippen molar-refractivity contribution < 1.29 is 19.1 Å². The lowest BCUT2D eigenvalue weighted by Gasteiger charge is -2.41. The van der Waals surface area contributed by atoms with Crippen LogP contribution in [0.25, 0.3) is 0 Å². The molecule has 1 saturated heterocycles. The molecule has 5 atom stereocenters. The maximum absolute atomic E-state index is 11.6. The summed E-state index contributed by atoms with van der Waals surface area (Å²) < 4.78 is 9.82. The number of allylic oxidation sites excluding steroid dienone is 2. The van der Waals surface area contributed by atoms with Crippen molar-refractivity contribution in [1.82, 2.24) is 5.32 Å². The van der Waals surface area contributed by atoms with Crippen LogP contribution in [-0.2, 0) is 19.1 Å². The highest BCUT2D eigenvalue weighted by Crippen LogP contribution is 2.35. The van der Waals surface area contributed by atoms with Crippen LogP contribution in [0.4, 0.5) is 0 Å². The zero-order valence-electron chi connectivity index (χ0n) is 19.7. The van der Waals surface area contributed by atoms with Crippen LogP contribution >= 0.6 is 0 Å². The number of piperidine rings is 1. The van der Waals surface area contributed by atoms with Crippen molar-refractivity contribution in [3.05, 3.63) is 24.8 Å². The van der Waals surface area contributed by atoms with Gasteiger partial charge >= 0.3 is 11.9 Å². The van der Waals surface area contributed by atoms with Crippen LogP contribution in [0.3, 0.4) is 0 Å². The van der Waals surface area contributed by atoms with Gasteiger partial charge in [0.15, 0.2) is 0 Å². The molecule has 2 aliphatic rings. The third kappa shape index (κ3) is 11.5. The van der Waals surface area contributed by atoms with Crippen LogP contribution in [0, 0.1) is 17.8 Å². The number of hydrogen-bond donors (Lipinski definition) is 2. The fourth-order valence-electron chi connectivity index (χ4n) is 3.66. The number of carbonyl (C=O) groups excluding carboxylic acids is 2. The van der Waals surface area contributed by atoms with Gasteiger partial charge in [-0.25, -0.2) is 0 Å². The molecule has 0 aromatic rings. The van der Waals surface area contributed by atoms with Crippen molar-refractivity contribution in [2.45, 2.75) is 78.8 Å². The van der Waals surface area contributed by atoms with Crippen molar-refractivity contribution in [1.29, 1.82) is 0 Å². The smallest absolute Gasteiger partial charge is 0.323 e. The molecule has 30 heavy (non-hydrogen) atoms. The van der Waals surface area contributed by atoms with E-state index in [1.54, 1.807) is 6.92 Å². The van der Waals surface area contributed by atoms with Gasteiger partial charge in [-0.15, -0.1) is 6.58 Å². The van der Waals surface area contributed by atoms with Crippen molar-refractivity contribution in [3.8, 4) is 0 Å². The Morgan fingerprint density at radius 2 is 1.77 bits per heavy atom. The van der Waals surface area contributed by atoms with E-state index in [0.717, 1.165) is 32.2 Å². The molecule has 1 aliphatic heterocycles. The second-order valence-electron chi connectivity index (χ2n) is 7.81. The minimum atomic E-state index is -0.152. The van der Waals surface area contributed by atoms with E-state index < -0.39 is 0 Å². The van der Waals surface area contributed by atoms with Gasteiger partial charge < -0.3 is 20.5 Å². The Morgan fingerprint density at radius 3 is 2.30 bits per heavy atom. The van der Waals surface area contributed by atoms with Gasteiger partial charge in [0.1, 0.15) is 6.04 Å². The number of carbonyl (C=O) groups is 2. The number of nitrogens with two attached hydrogens (primary N) is 1. The molecule has 174 valence electrons. The largest absolute Gasteiger partial charge is 0.466 e. The molecular formula is C24H44N2O4. The summed E-state index contributed by atoms with van der Waals surface area (Å²) in [6.07, 6.45) is 10.9. The average Bonchev–Trinajstić information content (AvgIpc) is 2.74. The first kappa shape index (κ1) is 28.3. The zero-order chi connectivity index (χ0) is 22.9. The van der Waals surface area contributed by atoms with Gasteiger partial charge in [-0.05, 0) is 78.2 Å². The number of ether oxygens (including phenoxy) is 2. The Bertz CT molecular complexity index is 521. The van der Waals surface area contributed by atoms with Crippen LogP contribution < -0.4 is 11.1 Å². The van der Waals surface area contributed by atoms with Crippen molar-refractivity contribution in [2.24, 2.45) is 23.5 Å². The van der Waals surface area contributed by atoms with E-state index in [0.29, 0.717) is 31.1 Å². The van der Waals surface area contributed by atoms with E-state index in [1.165, 1.54) is 6.42 Å². The Balaban J connectivity index is 0.000000516. The molecule has 1 saturated carbocycles. The topological polar surface area (TPSA) is 90.7 Å². The predicted octanol–water partition coefficient (Wildman–Crippen LogP) is 4.00. The van der Waals surface area contributed by atoms with Crippen LogP contribution in [0.2, 0.25) is 0 Å². The van der Waals surface area contributed by atoms with E-state index >= 15 is 0 Å². The number of esters is 2. The zero-order valence-corrected chi connectivity index (χ0v) is 19.7. The second kappa shape index (κ2) is 17.1. The first-order chi connectivity index (χ1) is 14.3. The van der Waals surface area contributed by atoms with Gasteiger partial charge in [0.2, 0.25) is 0 Å². The Kier molecular flexibility index (Phi) is 16.1. The Morgan fingerprint density at radius 1 is 1.13 bits per heavy atom. The number of nitrogens with one attached hydrogen (secondary N) is 1. The van der Waals surface area contributed by atoms with Crippen LogP contribution in [0.5, 0.6) is 0 Å². The molecule has 0 bridgehead atoms. The summed E-state index contributed by atoms with van der Waals surface area (Å²) in [6, 6.07) is 0.230. The maximum Gasteiger partial charge on any atom is 0.323 e. The fraction of sp³-hybridized carbons (Fsp3) is 0.750. The van der Waals surface area contributed by atoms with Gasteiger partial charge in [0.05, 0.1) is 19.1 Å². The van der Waals surface area contributed by atoms with Crippen molar-refractivity contribution in [3.63, 3.8) is 0 Å². The number of fused-ring (bicyclic) bond motifs is 1. The molecule has 1 heterocycles. The third-order valence-electron chi connectivity index (χ3n) is 5.34. The Hall–Kier alpha value is -1.66. The van der Waals surface area contributed by atoms with Crippen molar-refractivity contribution in [2.75, 3.05) is 19.8 Å². The van der Waals surface area contributed by atoms with Gasteiger partial charge in [-0.2, -0.15) is 0 Å². The fourth-order valence-corrected chi connectivity index (χ4v) is 3.66. The lowest BCUT2D eigenvalue weighted by atomic mass is 9.72. The summed E-state index contributed by atoms with van der Waals surface area (Å²) in [4.78, 5) is 22.5. The predicted molar refractivity (Wildman–Crippen MR) is 123 cm³/mol. The summed E-state index contributed by atoms with van der Waals surface area (Å²) in [5.41, 5.74) is 5.99. The standard InChI is InChI=1S/C12H22N2O2.C8H14O2.C4H8/c1-2-16-12(15)11-6-9-5-10(13)4-3-8(9)7-14-11;1-4-6-7(3)8(9)10-5-2;1-3-4-2/h8-11,14H,2-7,13H2,1H3;4,6-7H,5H2,1-3H3;3H,1,4H2,2H3/b;6-4-;/t8?,9?,10-,11?;;/m0../s1. The van der Waals surface area contributed by atoms with Crippen LogP contribution in [0.15, 0.2) is 24.8 Å². The summed E-state index contributed by atoms with van der Waals surface area (Å²) in [5.74, 6) is 0.968. The van der Waals surface area contributed by atoms with E-state index in [1.807, 2.05) is 39.0 Å².